The van der Waals surface area contributed by atoms with Crippen LogP contribution in [-0.4, -0.2) is 61.4 Å². The van der Waals surface area contributed by atoms with E-state index in [0.29, 0.717) is 12.5 Å². The van der Waals surface area contributed by atoms with Crippen molar-refractivity contribution in [2.24, 2.45) is 0 Å². The van der Waals surface area contributed by atoms with E-state index in [9.17, 15) is 16.8 Å². The number of aliphatic hydroxyl groups excluding tert-OH is 2. The van der Waals surface area contributed by atoms with Gasteiger partial charge >= 0.3 is 0 Å². The Morgan fingerprint density at radius 3 is 1.44 bits per heavy atom. The van der Waals surface area contributed by atoms with Crippen molar-refractivity contribution >= 4 is 20.2 Å². The minimum atomic E-state index is -3.67. The zero-order valence-electron chi connectivity index (χ0n) is 10.6. The Balaban J connectivity index is -0.000000197. The van der Waals surface area contributed by atoms with E-state index < -0.39 is 26.3 Å². The van der Waals surface area contributed by atoms with Crippen LogP contribution in [0.3, 0.4) is 0 Å². The minimum absolute atomic E-state index is 0.0972. The Morgan fingerprint density at radius 2 is 1.28 bits per heavy atom. The van der Waals surface area contributed by atoms with E-state index in [1.165, 1.54) is 0 Å². The van der Waals surface area contributed by atoms with E-state index in [0.717, 1.165) is 19.3 Å². The summed E-state index contributed by atoms with van der Waals surface area (Å²) in [4.78, 5) is 0. The fourth-order valence-electron chi connectivity index (χ4n) is 0.531. The maximum absolute atomic E-state index is 9.19. The standard InChI is InChI=1S/C6H14O2.2CH4O3S/c1-2-3-4-6(8)5-7;2*1-5(2,3)4/h6-8H,2-5H2,1H3;2*1H3,(H,2,3,4). The summed E-state index contributed by atoms with van der Waals surface area (Å²) in [6, 6.07) is 0. The molecule has 0 aliphatic heterocycles. The van der Waals surface area contributed by atoms with E-state index in [1.54, 1.807) is 0 Å². The largest absolute Gasteiger partial charge is 0.394 e. The fraction of sp³-hybridized carbons (Fsp3) is 1.00. The lowest BCUT2D eigenvalue weighted by Crippen LogP contribution is -2.10. The van der Waals surface area contributed by atoms with Crippen LogP contribution in [0, 0.1) is 0 Å². The number of hydrogen-bond donors (Lipinski definition) is 4. The zero-order chi connectivity index (χ0) is 15.4. The number of hydrogen-bond acceptors (Lipinski definition) is 6. The smallest absolute Gasteiger partial charge is 0.261 e. The quantitative estimate of drug-likeness (QED) is 0.509. The SMILES string of the molecule is CCCCC(O)CO.CS(=O)(=O)O.CS(=O)(=O)O. The Hall–Kier alpha value is -0.260. The Labute approximate surface area is 108 Å². The first-order valence-electron chi connectivity index (χ1n) is 4.95. The number of unbranched alkanes of at least 4 members (excludes halogenated alkanes) is 1. The third-order valence-corrected chi connectivity index (χ3v) is 1.10. The van der Waals surface area contributed by atoms with Gasteiger partial charge < -0.3 is 10.2 Å². The third kappa shape index (κ3) is 104. The van der Waals surface area contributed by atoms with Gasteiger partial charge in [0, 0.05) is 0 Å². The van der Waals surface area contributed by atoms with Gasteiger partial charge in [0.05, 0.1) is 25.2 Å². The van der Waals surface area contributed by atoms with Crippen molar-refractivity contribution in [2.45, 2.75) is 32.3 Å². The lowest BCUT2D eigenvalue weighted by atomic mass is 10.2. The first-order valence-corrected chi connectivity index (χ1v) is 8.64. The van der Waals surface area contributed by atoms with Crippen LogP contribution in [0.1, 0.15) is 26.2 Å². The van der Waals surface area contributed by atoms with Crippen molar-refractivity contribution in [1.29, 1.82) is 0 Å². The lowest BCUT2D eigenvalue weighted by Gasteiger charge is -2.02. The van der Waals surface area contributed by atoms with Crippen LogP contribution in [0.5, 0.6) is 0 Å². The van der Waals surface area contributed by atoms with E-state index in [4.69, 9.17) is 19.3 Å². The summed E-state index contributed by atoms with van der Waals surface area (Å²) in [5.41, 5.74) is 0. The highest BCUT2D eigenvalue weighted by Gasteiger charge is 1.97. The van der Waals surface area contributed by atoms with Crippen LogP contribution in [0.25, 0.3) is 0 Å². The Bertz CT molecular complexity index is 313. The zero-order valence-corrected chi connectivity index (χ0v) is 12.3. The number of aliphatic hydroxyl groups is 2. The van der Waals surface area contributed by atoms with Gasteiger partial charge in [-0.05, 0) is 6.42 Å². The first kappa shape index (κ1) is 22.9. The predicted octanol–water partition coefficient (Wildman–Crippen LogP) is -0.462. The van der Waals surface area contributed by atoms with Crippen LogP contribution in [0.15, 0.2) is 0 Å². The molecule has 0 aromatic carbocycles. The molecule has 18 heavy (non-hydrogen) atoms. The van der Waals surface area contributed by atoms with Crippen LogP contribution >= 0.6 is 0 Å². The summed E-state index contributed by atoms with van der Waals surface area (Å²) >= 11 is 0. The van der Waals surface area contributed by atoms with Crippen LogP contribution in [0.4, 0.5) is 0 Å². The second kappa shape index (κ2) is 11.8. The van der Waals surface area contributed by atoms with E-state index in [2.05, 4.69) is 6.92 Å². The summed E-state index contributed by atoms with van der Waals surface area (Å²) in [5, 5.41) is 17.1. The molecule has 0 bridgehead atoms. The highest BCUT2D eigenvalue weighted by molar-refractivity contribution is 7.85. The van der Waals surface area contributed by atoms with Gasteiger partial charge in [0.2, 0.25) is 0 Å². The van der Waals surface area contributed by atoms with Crippen molar-refractivity contribution in [3.05, 3.63) is 0 Å². The Morgan fingerprint density at radius 1 is 1.00 bits per heavy atom. The molecule has 8 nitrogen and oxygen atoms in total. The fourth-order valence-corrected chi connectivity index (χ4v) is 0.531. The molecule has 0 saturated heterocycles. The highest BCUT2D eigenvalue weighted by Crippen LogP contribution is 1.97. The topological polar surface area (TPSA) is 149 Å². The third-order valence-electron chi connectivity index (χ3n) is 1.10. The van der Waals surface area contributed by atoms with Gasteiger partial charge in [-0.3, -0.25) is 9.11 Å². The van der Waals surface area contributed by atoms with E-state index >= 15 is 0 Å². The summed E-state index contributed by atoms with van der Waals surface area (Å²) in [6.07, 6.45) is 3.75. The minimum Gasteiger partial charge on any atom is -0.394 e. The lowest BCUT2D eigenvalue weighted by molar-refractivity contribution is 0.0865. The van der Waals surface area contributed by atoms with E-state index in [-0.39, 0.29) is 6.61 Å². The van der Waals surface area contributed by atoms with Crippen molar-refractivity contribution in [2.75, 3.05) is 19.1 Å². The molecule has 0 aliphatic rings. The second-order valence-corrected chi connectivity index (χ2v) is 6.38. The molecular formula is C8H22O8S2. The molecule has 114 valence electrons. The van der Waals surface area contributed by atoms with Gasteiger partial charge in [0.15, 0.2) is 0 Å². The summed E-state index contributed by atoms with van der Waals surface area (Å²) in [5.74, 6) is 0. The van der Waals surface area contributed by atoms with Gasteiger partial charge in [-0.2, -0.15) is 16.8 Å². The van der Waals surface area contributed by atoms with Crippen molar-refractivity contribution < 1.29 is 36.2 Å². The maximum Gasteiger partial charge on any atom is 0.261 e. The Kier molecular flexibility index (Phi) is 15.0. The molecule has 0 amide bonds. The van der Waals surface area contributed by atoms with Crippen molar-refractivity contribution in [3.63, 3.8) is 0 Å². The molecule has 0 heterocycles. The molecule has 0 saturated carbocycles. The molecule has 0 radical (unpaired) electrons. The molecule has 0 aromatic heterocycles. The van der Waals surface area contributed by atoms with Gasteiger partial charge in [-0.1, -0.05) is 19.8 Å². The molecule has 4 N–H and O–H groups in total. The van der Waals surface area contributed by atoms with Crippen LogP contribution in [0.2, 0.25) is 0 Å². The van der Waals surface area contributed by atoms with Crippen molar-refractivity contribution in [1.82, 2.24) is 0 Å². The molecular weight excluding hydrogens is 288 g/mol. The second-order valence-electron chi connectivity index (χ2n) is 3.44. The average Bonchev–Trinajstić information content (AvgIpc) is 2.08. The van der Waals surface area contributed by atoms with Crippen LogP contribution in [-0.2, 0) is 20.2 Å². The molecule has 1 unspecified atom stereocenters. The summed E-state index contributed by atoms with van der Waals surface area (Å²) < 4.78 is 51.7. The van der Waals surface area contributed by atoms with Crippen molar-refractivity contribution in [3.8, 4) is 0 Å². The normalized spacial score (nSPS) is 12.6. The van der Waals surface area contributed by atoms with E-state index in [1.807, 2.05) is 0 Å². The predicted molar refractivity (Wildman–Crippen MR) is 67.6 cm³/mol. The maximum atomic E-state index is 9.19. The van der Waals surface area contributed by atoms with Gasteiger partial charge in [-0.25, -0.2) is 0 Å². The van der Waals surface area contributed by atoms with Gasteiger partial charge in [-0.15, -0.1) is 0 Å². The highest BCUT2D eigenvalue weighted by atomic mass is 32.2. The van der Waals surface area contributed by atoms with Gasteiger partial charge in [0.25, 0.3) is 20.2 Å². The average molecular weight is 310 g/mol. The number of rotatable bonds is 4. The first-order chi connectivity index (χ1) is 7.81. The summed E-state index contributed by atoms with van der Waals surface area (Å²) in [6.45, 7) is 1.96. The molecule has 1 atom stereocenters. The summed E-state index contributed by atoms with van der Waals surface area (Å²) in [7, 11) is -7.33. The molecule has 0 rings (SSSR count). The molecule has 0 aromatic rings. The monoisotopic (exact) mass is 310 g/mol. The molecule has 10 heteroatoms. The molecule has 0 spiro atoms. The molecule has 0 aliphatic carbocycles. The molecule has 0 fully saturated rings. The van der Waals surface area contributed by atoms with Crippen LogP contribution < -0.4 is 0 Å². The van der Waals surface area contributed by atoms with Gasteiger partial charge in [0.1, 0.15) is 0 Å².